The molecule has 2 N–H and O–H groups in total. The van der Waals surface area contributed by atoms with Crippen molar-refractivity contribution in [2.75, 3.05) is 11.4 Å². The third kappa shape index (κ3) is 3.34. The summed E-state index contributed by atoms with van der Waals surface area (Å²) in [5.74, 6) is 1.01. The fraction of sp³-hybridized carbons (Fsp3) is 0.381. The Hall–Kier alpha value is -2.49. The number of hydrogen-bond acceptors (Lipinski definition) is 3. The van der Waals surface area contributed by atoms with Gasteiger partial charge >= 0.3 is 0 Å². The molecule has 2 fully saturated rings. The molecule has 2 aromatic carbocycles. The fourth-order valence-electron chi connectivity index (χ4n) is 3.96. The van der Waals surface area contributed by atoms with Crippen LogP contribution in [0.15, 0.2) is 48.5 Å². The van der Waals surface area contributed by atoms with Crippen molar-refractivity contribution >= 4 is 11.6 Å². The summed E-state index contributed by atoms with van der Waals surface area (Å²) in [5, 5.41) is 13.0. The number of hydrogen-bond donors (Lipinski definition) is 2. The van der Waals surface area contributed by atoms with E-state index in [2.05, 4.69) is 34.5 Å². The highest BCUT2D eigenvalue weighted by Gasteiger charge is 2.36. The summed E-state index contributed by atoms with van der Waals surface area (Å²) >= 11 is 0. The molecule has 25 heavy (non-hydrogen) atoms. The quantitative estimate of drug-likeness (QED) is 0.894. The molecule has 4 heteroatoms. The number of rotatable bonds is 4. The molecule has 0 radical (unpaired) electrons. The van der Waals surface area contributed by atoms with Crippen LogP contribution in [-0.2, 0) is 4.79 Å². The molecular formula is C21H24N2O2. The standard InChI is InChI=1S/C21H24N2O2/c1-14(24)22-20-11-12-23(18-3-2-4-19(25)13-18)21(20)17-9-7-16(8-10-17)15-5-6-15/h2-4,7-10,13,15,20-21,25H,5-6,11-12H2,1H3,(H,22,24)/t20-,21-/m1/s1. The van der Waals surface area contributed by atoms with Gasteiger partial charge in [0, 0.05) is 25.2 Å². The monoisotopic (exact) mass is 336 g/mol. The largest absolute Gasteiger partial charge is 0.508 e. The Morgan fingerprint density at radius 3 is 2.44 bits per heavy atom. The lowest BCUT2D eigenvalue weighted by Gasteiger charge is -2.31. The van der Waals surface area contributed by atoms with E-state index in [0.717, 1.165) is 24.6 Å². The van der Waals surface area contributed by atoms with Gasteiger partial charge in [0.25, 0.3) is 0 Å². The van der Waals surface area contributed by atoms with Crippen molar-refractivity contribution in [1.29, 1.82) is 0 Å². The smallest absolute Gasteiger partial charge is 0.217 e. The third-order valence-electron chi connectivity index (χ3n) is 5.27. The highest BCUT2D eigenvalue weighted by molar-refractivity contribution is 5.73. The minimum Gasteiger partial charge on any atom is -0.508 e. The number of carbonyl (C=O) groups excluding carboxylic acids is 1. The predicted octanol–water partition coefficient (Wildman–Crippen LogP) is 3.73. The number of carbonyl (C=O) groups is 1. The van der Waals surface area contributed by atoms with Gasteiger partial charge in [0.1, 0.15) is 5.75 Å². The van der Waals surface area contributed by atoms with E-state index in [9.17, 15) is 9.90 Å². The molecule has 2 aliphatic rings. The van der Waals surface area contributed by atoms with Gasteiger partial charge in [-0.3, -0.25) is 4.79 Å². The molecule has 4 rings (SSSR count). The van der Waals surface area contributed by atoms with E-state index in [4.69, 9.17) is 0 Å². The molecule has 0 unspecified atom stereocenters. The van der Waals surface area contributed by atoms with Crippen molar-refractivity contribution in [3.05, 3.63) is 59.7 Å². The number of nitrogens with zero attached hydrogens (tertiary/aromatic N) is 1. The molecule has 2 aromatic rings. The van der Waals surface area contributed by atoms with Gasteiger partial charge in [-0.15, -0.1) is 0 Å². The summed E-state index contributed by atoms with van der Waals surface area (Å²) < 4.78 is 0. The first-order valence-electron chi connectivity index (χ1n) is 9.04. The van der Waals surface area contributed by atoms with Gasteiger partial charge < -0.3 is 15.3 Å². The van der Waals surface area contributed by atoms with E-state index in [-0.39, 0.29) is 23.7 Å². The number of aromatic hydroxyl groups is 1. The fourth-order valence-corrected chi connectivity index (χ4v) is 3.96. The third-order valence-corrected chi connectivity index (χ3v) is 5.27. The molecule has 1 heterocycles. The summed E-state index contributed by atoms with van der Waals surface area (Å²) in [4.78, 5) is 13.9. The molecule has 1 aliphatic carbocycles. The van der Waals surface area contributed by atoms with E-state index in [1.807, 2.05) is 12.1 Å². The van der Waals surface area contributed by atoms with Crippen LogP contribution in [0.2, 0.25) is 0 Å². The summed E-state index contributed by atoms with van der Waals surface area (Å²) in [6.07, 6.45) is 3.49. The Labute approximate surface area is 148 Å². The van der Waals surface area contributed by atoms with Crippen LogP contribution in [-0.4, -0.2) is 23.6 Å². The summed E-state index contributed by atoms with van der Waals surface area (Å²) in [6.45, 7) is 2.42. The van der Waals surface area contributed by atoms with E-state index in [1.165, 1.54) is 24.0 Å². The van der Waals surface area contributed by atoms with E-state index < -0.39 is 0 Å². The second-order valence-electron chi connectivity index (χ2n) is 7.19. The van der Waals surface area contributed by atoms with Gasteiger partial charge in [-0.1, -0.05) is 30.3 Å². The van der Waals surface area contributed by atoms with Crippen LogP contribution in [0, 0.1) is 0 Å². The van der Waals surface area contributed by atoms with Crippen LogP contribution in [0.3, 0.4) is 0 Å². The van der Waals surface area contributed by atoms with Gasteiger partial charge in [-0.05, 0) is 48.4 Å². The van der Waals surface area contributed by atoms with Crippen molar-refractivity contribution in [2.24, 2.45) is 0 Å². The Kier molecular flexibility index (Phi) is 4.12. The Morgan fingerprint density at radius 2 is 1.80 bits per heavy atom. The lowest BCUT2D eigenvalue weighted by atomic mass is 9.97. The average Bonchev–Trinajstić information content (AvgIpc) is 3.36. The van der Waals surface area contributed by atoms with Crippen molar-refractivity contribution in [1.82, 2.24) is 5.32 Å². The average molecular weight is 336 g/mol. The number of nitrogens with one attached hydrogen (secondary N) is 1. The van der Waals surface area contributed by atoms with Crippen LogP contribution in [0.25, 0.3) is 0 Å². The SMILES string of the molecule is CC(=O)N[C@@H]1CCN(c2cccc(O)c2)[C@@H]1c1ccc(C2CC2)cc1. The van der Waals surface area contributed by atoms with Gasteiger partial charge in [0.2, 0.25) is 5.91 Å². The van der Waals surface area contributed by atoms with Crippen molar-refractivity contribution in [2.45, 2.75) is 44.2 Å². The summed E-state index contributed by atoms with van der Waals surface area (Å²) in [6, 6.07) is 16.4. The maximum Gasteiger partial charge on any atom is 0.217 e. The van der Waals surface area contributed by atoms with Crippen LogP contribution >= 0.6 is 0 Å². The topological polar surface area (TPSA) is 52.6 Å². The van der Waals surface area contributed by atoms with Gasteiger partial charge in [-0.2, -0.15) is 0 Å². The van der Waals surface area contributed by atoms with Crippen molar-refractivity contribution in [3.8, 4) is 5.75 Å². The molecule has 0 spiro atoms. The molecule has 1 aliphatic heterocycles. The number of phenolic OH excluding ortho intramolecular Hbond substituents is 1. The molecule has 0 aromatic heterocycles. The molecule has 2 atom stereocenters. The minimum atomic E-state index is 0.00218. The van der Waals surface area contributed by atoms with Gasteiger partial charge in [-0.25, -0.2) is 0 Å². The zero-order valence-electron chi connectivity index (χ0n) is 14.5. The highest BCUT2D eigenvalue weighted by Crippen LogP contribution is 2.42. The van der Waals surface area contributed by atoms with E-state index in [0.29, 0.717) is 0 Å². The number of anilines is 1. The Balaban J connectivity index is 1.67. The normalized spacial score (nSPS) is 22.8. The first-order chi connectivity index (χ1) is 12.1. The Morgan fingerprint density at radius 1 is 1.08 bits per heavy atom. The van der Waals surface area contributed by atoms with Crippen molar-refractivity contribution < 1.29 is 9.90 Å². The molecule has 130 valence electrons. The van der Waals surface area contributed by atoms with Crippen molar-refractivity contribution in [3.63, 3.8) is 0 Å². The minimum absolute atomic E-state index is 0.00218. The Bertz CT molecular complexity index is 768. The zero-order chi connectivity index (χ0) is 17.4. The number of phenols is 1. The predicted molar refractivity (Wildman–Crippen MR) is 98.8 cm³/mol. The van der Waals surface area contributed by atoms with Gasteiger partial charge in [0.15, 0.2) is 0 Å². The number of amides is 1. The van der Waals surface area contributed by atoms with Crippen LogP contribution in [0.5, 0.6) is 5.75 Å². The van der Waals surface area contributed by atoms with Crippen LogP contribution < -0.4 is 10.2 Å². The maximum absolute atomic E-state index is 11.7. The molecular weight excluding hydrogens is 312 g/mol. The molecule has 4 nitrogen and oxygen atoms in total. The number of benzene rings is 2. The lowest BCUT2D eigenvalue weighted by molar-refractivity contribution is -0.119. The molecule has 1 amide bonds. The van der Waals surface area contributed by atoms with Gasteiger partial charge in [0.05, 0.1) is 12.1 Å². The van der Waals surface area contributed by atoms with E-state index in [1.54, 1.807) is 19.1 Å². The molecule has 1 saturated heterocycles. The lowest BCUT2D eigenvalue weighted by Crippen LogP contribution is -2.38. The van der Waals surface area contributed by atoms with Crippen LogP contribution in [0.1, 0.15) is 49.3 Å². The maximum atomic E-state index is 11.7. The summed E-state index contributed by atoms with van der Waals surface area (Å²) in [7, 11) is 0. The zero-order valence-corrected chi connectivity index (χ0v) is 14.5. The second kappa shape index (κ2) is 6.43. The van der Waals surface area contributed by atoms with E-state index >= 15 is 0 Å². The molecule has 1 saturated carbocycles. The highest BCUT2D eigenvalue weighted by atomic mass is 16.3. The second-order valence-corrected chi connectivity index (χ2v) is 7.19. The summed E-state index contributed by atoms with van der Waals surface area (Å²) in [5.41, 5.74) is 3.62. The first-order valence-corrected chi connectivity index (χ1v) is 9.04. The molecule has 0 bridgehead atoms. The first kappa shape index (κ1) is 16.0. The van der Waals surface area contributed by atoms with Crippen LogP contribution in [0.4, 0.5) is 5.69 Å².